The summed E-state index contributed by atoms with van der Waals surface area (Å²) in [5, 5.41) is 12.8. The number of halogens is 1. The Kier molecular flexibility index (Phi) is 11.5. The third-order valence-electron chi connectivity index (χ3n) is 9.46. The molecule has 0 saturated carbocycles. The molecule has 1 atom stereocenters. The van der Waals surface area contributed by atoms with E-state index < -0.39 is 5.97 Å². The molecule has 0 spiro atoms. The van der Waals surface area contributed by atoms with E-state index in [2.05, 4.69) is 67.4 Å². The van der Waals surface area contributed by atoms with E-state index in [0.29, 0.717) is 42.5 Å². The van der Waals surface area contributed by atoms with Crippen LogP contribution in [0, 0.1) is 6.92 Å². The number of nitrogens with one attached hydrogen (secondary N) is 1. The van der Waals surface area contributed by atoms with Crippen LogP contribution >= 0.6 is 11.6 Å². The van der Waals surface area contributed by atoms with E-state index in [0.717, 1.165) is 55.8 Å². The monoisotopic (exact) mass is 648 g/mol. The van der Waals surface area contributed by atoms with E-state index in [1.807, 2.05) is 19.1 Å². The maximum absolute atomic E-state index is 10.7. The molecule has 1 fully saturated rings. The molecule has 8 heteroatoms. The molecule has 0 amide bonds. The largest absolute Gasteiger partial charge is 0.493 e. The molecule has 46 heavy (non-hydrogen) atoms. The predicted molar refractivity (Wildman–Crippen MR) is 185 cm³/mol. The highest BCUT2D eigenvalue weighted by atomic mass is 35.5. The van der Waals surface area contributed by atoms with Crippen LogP contribution in [-0.2, 0) is 17.8 Å². The zero-order chi connectivity index (χ0) is 32.7. The van der Waals surface area contributed by atoms with Crippen LogP contribution in [0.25, 0.3) is 11.1 Å². The number of fused-ring (bicyclic) bond motifs is 1. The molecule has 2 N–H and O–H groups in total. The molecular weight excluding hydrogens is 600 g/mol. The minimum absolute atomic E-state index is 0.106. The molecule has 248 valence electrons. The standard InChI is InChI=1S/C38H49ClN2O5/c1-5-44-35-24-36(32(39)23-27(35)25-40-19-7-6-15-37(42)43)46-34-17-16-30-29(12-8-13-31(30)34)28-11-9-14-33(26(28)2)45-22-10-20-41-21-18-38(41,3)4/h8-9,11-14,23-24,34,40H,5-7,10,15-22,25H2,1-4H3,(H,42,43)/t34-/m0/s1. The number of ether oxygens (including phenoxy) is 3. The number of benzene rings is 3. The van der Waals surface area contributed by atoms with Gasteiger partial charge >= 0.3 is 5.97 Å². The lowest BCUT2D eigenvalue weighted by Crippen LogP contribution is -2.55. The number of rotatable bonds is 17. The number of carboxylic acids is 1. The van der Waals surface area contributed by atoms with Gasteiger partial charge in [-0.25, -0.2) is 0 Å². The van der Waals surface area contributed by atoms with E-state index in [1.165, 1.54) is 40.8 Å². The van der Waals surface area contributed by atoms with Crippen LogP contribution in [0.15, 0.2) is 48.5 Å². The van der Waals surface area contributed by atoms with E-state index in [9.17, 15) is 4.79 Å². The van der Waals surface area contributed by atoms with E-state index in [4.69, 9.17) is 30.9 Å². The fourth-order valence-corrected chi connectivity index (χ4v) is 6.85. The zero-order valence-electron chi connectivity index (χ0n) is 27.8. The van der Waals surface area contributed by atoms with Crippen molar-refractivity contribution >= 4 is 17.6 Å². The maximum Gasteiger partial charge on any atom is 0.303 e. The molecular formula is C38H49ClN2O5. The van der Waals surface area contributed by atoms with Gasteiger partial charge in [0.05, 0.1) is 18.2 Å². The van der Waals surface area contributed by atoms with Crippen LogP contribution in [0.2, 0.25) is 5.02 Å². The van der Waals surface area contributed by atoms with E-state index >= 15 is 0 Å². The van der Waals surface area contributed by atoms with Crippen molar-refractivity contribution in [2.75, 3.05) is 32.8 Å². The minimum atomic E-state index is -0.760. The van der Waals surface area contributed by atoms with Crippen molar-refractivity contribution in [2.45, 2.75) is 90.8 Å². The molecule has 0 unspecified atom stereocenters. The Morgan fingerprint density at radius 3 is 2.59 bits per heavy atom. The lowest BCUT2D eigenvalue weighted by Gasteiger charge is -2.48. The molecule has 5 rings (SSSR count). The minimum Gasteiger partial charge on any atom is -0.493 e. The SMILES string of the molecule is CCOc1cc(O[C@H]2CCc3c(-c4cccc(OCCCN5CCC5(C)C)c4C)cccc32)c(Cl)cc1CNCCCCC(=O)O. The van der Waals surface area contributed by atoms with Gasteiger partial charge in [0.2, 0.25) is 0 Å². The number of likely N-dealkylation sites (tertiary alicyclic amines) is 1. The average molecular weight is 649 g/mol. The normalized spacial score (nSPS) is 16.9. The molecule has 0 aromatic heterocycles. The summed E-state index contributed by atoms with van der Waals surface area (Å²) < 4.78 is 18.9. The van der Waals surface area contributed by atoms with Crippen LogP contribution < -0.4 is 19.5 Å². The maximum atomic E-state index is 10.7. The highest BCUT2D eigenvalue weighted by Crippen LogP contribution is 2.44. The summed E-state index contributed by atoms with van der Waals surface area (Å²) in [6.45, 7) is 13.6. The van der Waals surface area contributed by atoms with Gasteiger partial charge < -0.3 is 24.6 Å². The highest BCUT2D eigenvalue weighted by Gasteiger charge is 2.34. The third kappa shape index (κ3) is 8.17. The summed E-state index contributed by atoms with van der Waals surface area (Å²) >= 11 is 6.77. The number of aliphatic carboxylic acids is 1. The summed E-state index contributed by atoms with van der Waals surface area (Å²) in [5.74, 6) is 1.55. The molecule has 1 aliphatic heterocycles. The lowest BCUT2D eigenvalue weighted by atomic mass is 9.89. The Labute approximate surface area is 279 Å². The number of hydrogen-bond acceptors (Lipinski definition) is 6. The first kappa shape index (κ1) is 34.1. The van der Waals surface area contributed by atoms with Crippen molar-refractivity contribution in [1.82, 2.24) is 10.2 Å². The van der Waals surface area contributed by atoms with Gasteiger partial charge in [0, 0.05) is 43.2 Å². The molecule has 3 aromatic carbocycles. The van der Waals surface area contributed by atoms with E-state index in [1.54, 1.807) is 0 Å². The Bertz CT molecular complexity index is 1510. The first-order valence-electron chi connectivity index (χ1n) is 16.8. The Morgan fingerprint density at radius 1 is 1.04 bits per heavy atom. The van der Waals surface area contributed by atoms with Crippen LogP contribution in [0.1, 0.15) is 87.7 Å². The number of hydrogen-bond donors (Lipinski definition) is 2. The Hall–Kier alpha value is -3.26. The van der Waals surface area contributed by atoms with Crippen LogP contribution in [0.3, 0.4) is 0 Å². The van der Waals surface area contributed by atoms with Gasteiger partial charge in [0.15, 0.2) is 0 Å². The fraction of sp³-hybridized carbons (Fsp3) is 0.500. The number of carboxylic acid groups (broad SMARTS) is 1. The molecule has 2 aliphatic rings. The summed E-state index contributed by atoms with van der Waals surface area (Å²) in [5.41, 5.74) is 7.40. The smallest absolute Gasteiger partial charge is 0.303 e. The first-order chi connectivity index (χ1) is 22.2. The highest BCUT2D eigenvalue weighted by molar-refractivity contribution is 6.32. The summed E-state index contributed by atoms with van der Waals surface area (Å²) in [6, 6.07) is 16.7. The third-order valence-corrected chi connectivity index (χ3v) is 9.76. The summed E-state index contributed by atoms with van der Waals surface area (Å²) in [4.78, 5) is 13.3. The quantitative estimate of drug-likeness (QED) is 0.142. The molecule has 1 heterocycles. The Balaban J connectivity index is 1.25. The average Bonchev–Trinajstić information content (AvgIpc) is 3.44. The Morgan fingerprint density at radius 2 is 1.85 bits per heavy atom. The van der Waals surface area contributed by atoms with Crippen molar-refractivity contribution in [1.29, 1.82) is 0 Å². The topological polar surface area (TPSA) is 80.3 Å². The van der Waals surface area contributed by atoms with Gasteiger partial charge in [-0.1, -0.05) is 41.9 Å². The van der Waals surface area contributed by atoms with Crippen molar-refractivity contribution in [2.24, 2.45) is 0 Å². The molecule has 1 saturated heterocycles. The van der Waals surface area contributed by atoms with Gasteiger partial charge in [0.25, 0.3) is 0 Å². The van der Waals surface area contributed by atoms with Crippen LogP contribution in [-0.4, -0.2) is 54.4 Å². The van der Waals surface area contributed by atoms with Crippen LogP contribution in [0.4, 0.5) is 0 Å². The van der Waals surface area contributed by atoms with Crippen molar-refractivity contribution in [3.63, 3.8) is 0 Å². The first-order valence-corrected chi connectivity index (χ1v) is 17.2. The van der Waals surface area contributed by atoms with Crippen molar-refractivity contribution < 1.29 is 24.1 Å². The zero-order valence-corrected chi connectivity index (χ0v) is 28.5. The van der Waals surface area contributed by atoms with E-state index in [-0.39, 0.29) is 12.5 Å². The lowest BCUT2D eigenvalue weighted by molar-refractivity contribution is -0.137. The predicted octanol–water partition coefficient (Wildman–Crippen LogP) is 8.38. The van der Waals surface area contributed by atoms with Crippen LogP contribution in [0.5, 0.6) is 17.2 Å². The van der Waals surface area contributed by atoms with Crippen molar-refractivity contribution in [3.05, 3.63) is 75.8 Å². The molecule has 7 nitrogen and oxygen atoms in total. The van der Waals surface area contributed by atoms with Gasteiger partial charge in [-0.3, -0.25) is 9.69 Å². The summed E-state index contributed by atoms with van der Waals surface area (Å²) in [6.07, 6.45) is 5.61. The van der Waals surface area contributed by atoms with Gasteiger partial charge in [0.1, 0.15) is 23.4 Å². The molecule has 1 aliphatic carbocycles. The second-order valence-corrected chi connectivity index (χ2v) is 13.5. The number of nitrogens with zero attached hydrogens (tertiary/aromatic N) is 1. The fourth-order valence-electron chi connectivity index (χ4n) is 6.62. The van der Waals surface area contributed by atoms with Gasteiger partial charge in [-0.15, -0.1) is 0 Å². The van der Waals surface area contributed by atoms with Gasteiger partial charge in [-0.05, 0) is 113 Å². The van der Waals surface area contributed by atoms with Gasteiger partial charge in [-0.2, -0.15) is 0 Å². The summed E-state index contributed by atoms with van der Waals surface area (Å²) in [7, 11) is 0. The van der Waals surface area contributed by atoms with Crippen molar-refractivity contribution in [3.8, 4) is 28.4 Å². The molecule has 0 bridgehead atoms. The number of carbonyl (C=O) groups is 1. The molecule has 0 radical (unpaired) electrons. The second-order valence-electron chi connectivity index (χ2n) is 13.0. The second kappa shape index (κ2) is 15.6. The number of unbranched alkanes of at least 4 members (excludes halogenated alkanes) is 1. The molecule has 3 aromatic rings.